The lowest BCUT2D eigenvalue weighted by atomic mass is 9.92. The van der Waals surface area contributed by atoms with Gasteiger partial charge in [-0.05, 0) is 0 Å². The van der Waals surface area contributed by atoms with Gasteiger partial charge in [0, 0.05) is 0 Å². The molecule has 0 radical (unpaired) electrons. The topological polar surface area (TPSA) is 138 Å². The molecule has 0 rings (SSSR count). The van der Waals surface area contributed by atoms with Gasteiger partial charge < -0.3 is 30.6 Å². The lowest BCUT2D eigenvalue weighted by Gasteiger charge is -2.30. The minimum Gasteiger partial charge on any atom is -0.394 e. The highest BCUT2D eigenvalue weighted by atomic mass is 16.4. The number of hydrogen-bond donors (Lipinski definition) is 6. The lowest BCUT2D eigenvalue weighted by Crippen LogP contribution is -2.56. The molecule has 0 saturated carbocycles. The van der Waals surface area contributed by atoms with Crippen LogP contribution in [0.4, 0.5) is 0 Å². The van der Waals surface area contributed by atoms with Crippen LogP contribution in [-0.4, -0.2) is 74.0 Å². The molecule has 5 atom stereocenters. The summed E-state index contributed by atoms with van der Waals surface area (Å²) in [5.74, 6) is 0. The molecule has 7 heteroatoms. The Kier molecular flexibility index (Phi) is 4.39. The summed E-state index contributed by atoms with van der Waals surface area (Å²) in [5.41, 5.74) is -2.92. The van der Waals surface area contributed by atoms with Crippen molar-refractivity contribution in [1.82, 2.24) is 0 Å². The fourth-order valence-electron chi connectivity index (χ4n) is 0.768. The maximum Gasteiger partial charge on any atom is 0.171 e. The van der Waals surface area contributed by atoms with Gasteiger partial charge in [0.1, 0.15) is 18.3 Å². The van der Waals surface area contributed by atoms with Crippen LogP contribution in [-0.2, 0) is 4.79 Å². The van der Waals surface area contributed by atoms with Crippen LogP contribution in [0.5, 0.6) is 0 Å². The van der Waals surface area contributed by atoms with Crippen LogP contribution < -0.4 is 0 Å². The highest BCUT2D eigenvalue weighted by molar-refractivity contribution is 5.63. The zero-order valence-electron chi connectivity index (χ0n) is 8.19. The third kappa shape index (κ3) is 2.71. The molecule has 0 spiro atoms. The van der Waals surface area contributed by atoms with Gasteiger partial charge in [-0.15, -0.1) is 0 Å². The van der Waals surface area contributed by atoms with Crippen molar-refractivity contribution in [1.29, 1.82) is 0 Å². The molecular weight excluding hydrogens is 196 g/mol. The average molecular weight is 211 g/mol. The van der Waals surface area contributed by atoms with Crippen LogP contribution >= 0.6 is 0 Å². The van der Waals surface area contributed by atoms with Crippen molar-refractivity contribution in [2.45, 2.75) is 23.9 Å². The van der Waals surface area contributed by atoms with Crippen molar-refractivity contribution in [3.8, 4) is 0 Å². The minimum atomic E-state index is -2.92. The summed E-state index contributed by atoms with van der Waals surface area (Å²) in [5, 5.41) is 53.7. The molecule has 0 aliphatic rings. The van der Waals surface area contributed by atoms with E-state index in [1.807, 2.05) is 0 Å². The van der Waals surface area contributed by atoms with Gasteiger partial charge in [-0.3, -0.25) is 4.79 Å². The quantitative estimate of drug-likeness (QED) is 0.246. The summed E-state index contributed by atoms with van der Waals surface area (Å²) < 4.78 is 6.71. The molecule has 14 heavy (non-hydrogen) atoms. The van der Waals surface area contributed by atoms with Gasteiger partial charge in [0.2, 0.25) is 0 Å². The number of aldehydes is 1. The molecule has 0 amide bonds. The van der Waals surface area contributed by atoms with Gasteiger partial charge >= 0.3 is 0 Å². The fraction of sp³-hybridized carbons (Fsp3) is 0.857. The zero-order valence-corrected chi connectivity index (χ0v) is 7.19. The molecule has 0 aliphatic carbocycles. The summed E-state index contributed by atoms with van der Waals surface area (Å²) in [6.07, 6.45) is -6.47. The lowest BCUT2D eigenvalue weighted by molar-refractivity contribution is -0.173. The van der Waals surface area contributed by atoms with Crippen LogP contribution in [0.25, 0.3) is 0 Å². The smallest absolute Gasteiger partial charge is 0.171 e. The average Bonchev–Trinajstić information content (AvgIpc) is 2.24. The molecule has 0 saturated heterocycles. The summed E-state index contributed by atoms with van der Waals surface area (Å²) in [4.78, 5) is 10.4. The van der Waals surface area contributed by atoms with Crippen molar-refractivity contribution in [3.05, 3.63) is 0 Å². The maximum atomic E-state index is 10.4. The molecule has 0 aliphatic heterocycles. The van der Waals surface area contributed by atoms with E-state index in [1.165, 1.54) is 0 Å². The summed E-state index contributed by atoms with van der Waals surface area (Å²) >= 11 is 0. The zero-order chi connectivity index (χ0) is 12.2. The Bertz CT molecular complexity index is 212. The first-order valence-corrected chi connectivity index (χ1v) is 3.75. The normalized spacial score (nSPS) is 25.4. The monoisotopic (exact) mass is 211 g/mol. The molecule has 0 heterocycles. The van der Waals surface area contributed by atoms with E-state index in [4.69, 9.17) is 21.8 Å². The standard InChI is InChI=1S/C7H14O7/c8-1-4(11)5(12)6(13)7(14,2-9)3-10/h2,4-6,8,10-14H,1,3H2/t4-,5-,6+,7+/m1/s1/i3D/t3?,4-,5-,6+,7+. The molecule has 6 N–H and O–H groups in total. The van der Waals surface area contributed by atoms with E-state index in [-0.39, 0.29) is 6.29 Å². The second-order valence-corrected chi connectivity index (χ2v) is 2.82. The first-order chi connectivity index (χ1) is 6.81. The fourth-order valence-corrected chi connectivity index (χ4v) is 0.768. The van der Waals surface area contributed by atoms with Gasteiger partial charge in [0.05, 0.1) is 14.6 Å². The number of aliphatic hydroxyl groups excluding tert-OH is 5. The van der Waals surface area contributed by atoms with Crippen molar-refractivity contribution in [2.24, 2.45) is 0 Å². The Balaban J connectivity index is 4.79. The Morgan fingerprint density at radius 1 is 1.36 bits per heavy atom. The SMILES string of the molecule is [2H]C(O)[C@@](O)(C=O)[C@@H](O)[C@H](O)[C@H](O)CO. The number of hydrogen-bond acceptors (Lipinski definition) is 7. The predicted molar refractivity (Wildman–Crippen MR) is 43.2 cm³/mol. The van der Waals surface area contributed by atoms with Crippen molar-refractivity contribution in [3.63, 3.8) is 0 Å². The van der Waals surface area contributed by atoms with Crippen LogP contribution in [0.1, 0.15) is 1.37 Å². The third-order valence-corrected chi connectivity index (χ3v) is 1.77. The van der Waals surface area contributed by atoms with Crippen LogP contribution in [0.3, 0.4) is 0 Å². The minimum absolute atomic E-state index is 0.317. The number of aliphatic hydroxyl groups is 6. The van der Waals surface area contributed by atoms with E-state index in [1.54, 1.807) is 0 Å². The molecule has 0 aromatic heterocycles. The first-order valence-electron chi connectivity index (χ1n) is 4.33. The Morgan fingerprint density at radius 3 is 2.14 bits per heavy atom. The third-order valence-electron chi connectivity index (χ3n) is 1.77. The van der Waals surface area contributed by atoms with E-state index >= 15 is 0 Å². The Labute approximate surface area is 81.3 Å². The second kappa shape index (κ2) is 5.35. The maximum absolute atomic E-state index is 10.4. The number of carbonyl (C=O) groups is 1. The van der Waals surface area contributed by atoms with Crippen LogP contribution in [0.15, 0.2) is 0 Å². The van der Waals surface area contributed by atoms with Crippen molar-refractivity contribution >= 4 is 6.29 Å². The van der Waals surface area contributed by atoms with Crippen LogP contribution in [0.2, 0.25) is 0 Å². The van der Waals surface area contributed by atoms with Crippen molar-refractivity contribution < 1.29 is 36.8 Å². The van der Waals surface area contributed by atoms with Crippen molar-refractivity contribution in [2.75, 3.05) is 13.2 Å². The van der Waals surface area contributed by atoms with E-state index < -0.39 is 37.1 Å². The Hall–Kier alpha value is -0.570. The largest absolute Gasteiger partial charge is 0.394 e. The summed E-state index contributed by atoms with van der Waals surface area (Å²) in [6, 6.07) is 0. The summed E-state index contributed by atoms with van der Waals surface area (Å²) in [7, 11) is 0. The second-order valence-electron chi connectivity index (χ2n) is 2.82. The first kappa shape index (κ1) is 11.5. The van der Waals surface area contributed by atoms with Gasteiger partial charge in [-0.1, -0.05) is 0 Å². The number of carbonyl (C=O) groups excluding carboxylic acids is 1. The summed E-state index contributed by atoms with van der Waals surface area (Å²) in [6.45, 7) is -3.30. The molecular formula is C7H14O7. The molecule has 0 aromatic rings. The van der Waals surface area contributed by atoms with E-state index in [9.17, 15) is 15.0 Å². The molecule has 0 bridgehead atoms. The molecule has 0 fully saturated rings. The van der Waals surface area contributed by atoms with E-state index in [0.29, 0.717) is 0 Å². The molecule has 0 aromatic carbocycles. The molecule has 1 unspecified atom stereocenters. The van der Waals surface area contributed by atoms with Crippen LogP contribution in [0, 0.1) is 0 Å². The highest BCUT2D eigenvalue weighted by Gasteiger charge is 2.41. The van der Waals surface area contributed by atoms with E-state index in [2.05, 4.69) is 0 Å². The predicted octanol–water partition coefficient (Wildman–Crippen LogP) is -4.02. The highest BCUT2D eigenvalue weighted by Crippen LogP contribution is 2.13. The van der Waals surface area contributed by atoms with E-state index in [0.717, 1.165) is 0 Å². The van der Waals surface area contributed by atoms with Gasteiger partial charge in [-0.2, -0.15) is 0 Å². The van der Waals surface area contributed by atoms with Gasteiger partial charge in [-0.25, -0.2) is 0 Å². The Morgan fingerprint density at radius 2 is 1.86 bits per heavy atom. The number of rotatable bonds is 6. The van der Waals surface area contributed by atoms with Gasteiger partial charge in [0.15, 0.2) is 11.9 Å². The van der Waals surface area contributed by atoms with Gasteiger partial charge in [0.25, 0.3) is 0 Å². The molecule has 84 valence electrons. The molecule has 7 nitrogen and oxygen atoms in total.